The van der Waals surface area contributed by atoms with Crippen LogP contribution in [0, 0.1) is 6.92 Å². The predicted octanol–water partition coefficient (Wildman–Crippen LogP) is 1.79. The second-order valence-corrected chi connectivity index (χ2v) is 2.94. The van der Waals surface area contributed by atoms with E-state index in [4.69, 9.17) is 9.84 Å². The van der Waals surface area contributed by atoms with Crippen LogP contribution < -0.4 is 4.74 Å². The fraction of sp³-hybridized carbons (Fsp3) is 0.364. The first-order valence-corrected chi connectivity index (χ1v) is 4.57. The lowest BCUT2D eigenvalue weighted by atomic mass is 10.2. The van der Waals surface area contributed by atoms with Crippen molar-refractivity contribution in [2.75, 3.05) is 13.7 Å². The summed E-state index contributed by atoms with van der Waals surface area (Å²) in [7, 11) is 1.60. The monoisotopic (exact) mass is 193 g/mol. The minimum atomic E-state index is 0.180. The first kappa shape index (κ1) is 10.7. The molecule has 0 aliphatic carbocycles. The van der Waals surface area contributed by atoms with E-state index in [1.54, 1.807) is 7.11 Å². The highest BCUT2D eigenvalue weighted by atomic mass is 16.5. The zero-order valence-electron chi connectivity index (χ0n) is 8.53. The number of pyridine rings is 1. The minimum Gasteiger partial charge on any atom is -0.481 e. The maximum Gasteiger partial charge on any atom is 0.213 e. The fourth-order valence-corrected chi connectivity index (χ4v) is 1.12. The topological polar surface area (TPSA) is 42.4 Å². The Morgan fingerprint density at radius 1 is 1.50 bits per heavy atom. The molecule has 0 bridgehead atoms. The van der Waals surface area contributed by atoms with Crippen LogP contribution in [-0.2, 0) is 0 Å². The van der Waals surface area contributed by atoms with Crippen LogP contribution in [0.5, 0.6) is 5.88 Å². The molecule has 0 aromatic carbocycles. The summed E-state index contributed by atoms with van der Waals surface area (Å²) in [4.78, 5) is 4.23. The average molecular weight is 193 g/mol. The number of aliphatic hydroxyl groups is 1. The van der Waals surface area contributed by atoms with Crippen molar-refractivity contribution in [3.8, 4) is 5.88 Å². The van der Waals surface area contributed by atoms with Gasteiger partial charge in [-0.2, -0.15) is 0 Å². The summed E-state index contributed by atoms with van der Waals surface area (Å²) in [5.74, 6) is 0.627. The SMILES string of the molecule is COc1ccc(C=CCCO)c(C)n1. The van der Waals surface area contributed by atoms with Gasteiger partial charge in [0.25, 0.3) is 0 Å². The zero-order chi connectivity index (χ0) is 10.4. The summed E-state index contributed by atoms with van der Waals surface area (Å²) in [6.07, 6.45) is 4.56. The Morgan fingerprint density at radius 3 is 2.86 bits per heavy atom. The summed E-state index contributed by atoms with van der Waals surface area (Å²) >= 11 is 0. The normalized spacial score (nSPS) is 10.8. The van der Waals surface area contributed by atoms with E-state index in [2.05, 4.69) is 4.98 Å². The molecule has 0 atom stereocenters. The number of hydrogen-bond acceptors (Lipinski definition) is 3. The van der Waals surface area contributed by atoms with E-state index in [9.17, 15) is 0 Å². The van der Waals surface area contributed by atoms with Gasteiger partial charge in [0.1, 0.15) is 0 Å². The summed E-state index contributed by atoms with van der Waals surface area (Å²) in [5, 5.41) is 8.61. The molecule has 1 N–H and O–H groups in total. The first-order chi connectivity index (χ1) is 6.77. The lowest BCUT2D eigenvalue weighted by Gasteiger charge is -2.02. The first-order valence-electron chi connectivity index (χ1n) is 4.57. The molecule has 3 nitrogen and oxygen atoms in total. The number of aliphatic hydroxyl groups excluding tert-OH is 1. The molecular formula is C11H15NO2. The maximum absolute atomic E-state index is 8.61. The standard InChI is InChI=1S/C11H15NO2/c1-9-10(5-3-4-8-13)6-7-11(12-9)14-2/h3,5-7,13H,4,8H2,1-2H3. The van der Waals surface area contributed by atoms with Gasteiger partial charge in [0, 0.05) is 18.4 Å². The molecule has 0 spiro atoms. The Morgan fingerprint density at radius 2 is 2.29 bits per heavy atom. The quantitative estimate of drug-likeness (QED) is 0.792. The van der Waals surface area contributed by atoms with Gasteiger partial charge in [-0.15, -0.1) is 0 Å². The molecule has 0 amide bonds. The Kier molecular flexibility index (Phi) is 4.13. The van der Waals surface area contributed by atoms with E-state index in [1.165, 1.54) is 0 Å². The van der Waals surface area contributed by atoms with Crippen LogP contribution in [0.3, 0.4) is 0 Å². The minimum absolute atomic E-state index is 0.180. The van der Waals surface area contributed by atoms with Gasteiger partial charge in [0.05, 0.1) is 7.11 Å². The Labute approximate surface area is 84.1 Å². The Hall–Kier alpha value is -1.35. The molecular weight excluding hydrogens is 178 g/mol. The van der Waals surface area contributed by atoms with Crippen molar-refractivity contribution in [1.82, 2.24) is 4.98 Å². The molecule has 14 heavy (non-hydrogen) atoms. The molecule has 3 heteroatoms. The van der Waals surface area contributed by atoms with Crippen molar-refractivity contribution in [1.29, 1.82) is 0 Å². The number of aryl methyl sites for hydroxylation is 1. The molecule has 1 aromatic heterocycles. The molecule has 0 fully saturated rings. The van der Waals surface area contributed by atoms with Crippen molar-refractivity contribution in [3.63, 3.8) is 0 Å². The van der Waals surface area contributed by atoms with E-state index in [-0.39, 0.29) is 6.61 Å². The number of nitrogens with zero attached hydrogens (tertiary/aromatic N) is 1. The van der Waals surface area contributed by atoms with Crippen molar-refractivity contribution >= 4 is 6.08 Å². The summed E-state index contributed by atoms with van der Waals surface area (Å²) < 4.78 is 5.00. The predicted molar refractivity (Wildman–Crippen MR) is 56.3 cm³/mol. The van der Waals surface area contributed by atoms with Gasteiger partial charge in [-0.3, -0.25) is 0 Å². The van der Waals surface area contributed by atoms with Gasteiger partial charge in [0.15, 0.2) is 0 Å². The number of methoxy groups -OCH3 is 1. The third-order valence-electron chi connectivity index (χ3n) is 1.90. The van der Waals surface area contributed by atoms with Crippen LogP contribution in [0.2, 0.25) is 0 Å². The number of rotatable bonds is 4. The van der Waals surface area contributed by atoms with Gasteiger partial charge in [-0.05, 0) is 25.0 Å². The highest BCUT2D eigenvalue weighted by Crippen LogP contribution is 2.13. The van der Waals surface area contributed by atoms with Crippen LogP contribution in [-0.4, -0.2) is 23.8 Å². The highest BCUT2D eigenvalue weighted by Gasteiger charge is 1.97. The third kappa shape index (κ3) is 2.85. The van der Waals surface area contributed by atoms with E-state index < -0.39 is 0 Å². The lowest BCUT2D eigenvalue weighted by molar-refractivity contribution is 0.303. The van der Waals surface area contributed by atoms with Gasteiger partial charge in [0.2, 0.25) is 5.88 Å². The van der Waals surface area contributed by atoms with Gasteiger partial charge >= 0.3 is 0 Å². The van der Waals surface area contributed by atoms with Crippen LogP contribution in [0.15, 0.2) is 18.2 Å². The lowest BCUT2D eigenvalue weighted by Crippen LogP contribution is -1.91. The van der Waals surface area contributed by atoms with E-state index in [1.807, 2.05) is 31.2 Å². The van der Waals surface area contributed by atoms with E-state index in [0.29, 0.717) is 12.3 Å². The molecule has 0 saturated heterocycles. The summed E-state index contributed by atoms with van der Waals surface area (Å²) in [6, 6.07) is 3.78. The summed E-state index contributed by atoms with van der Waals surface area (Å²) in [6.45, 7) is 2.11. The molecule has 0 saturated carbocycles. The zero-order valence-corrected chi connectivity index (χ0v) is 8.53. The molecule has 1 heterocycles. The molecule has 1 aromatic rings. The van der Waals surface area contributed by atoms with Crippen molar-refractivity contribution < 1.29 is 9.84 Å². The molecule has 0 aliphatic rings. The van der Waals surface area contributed by atoms with Crippen molar-refractivity contribution in [2.24, 2.45) is 0 Å². The van der Waals surface area contributed by atoms with Gasteiger partial charge in [-0.1, -0.05) is 12.2 Å². The van der Waals surface area contributed by atoms with Crippen LogP contribution in [0.25, 0.3) is 6.08 Å². The van der Waals surface area contributed by atoms with E-state index in [0.717, 1.165) is 11.3 Å². The molecule has 1 rings (SSSR count). The third-order valence-corrected chi connectivity index (χ3v) is 1.90. The average Bonchev–Trinajstić information content (AvgIpc) is 2.20. The van der Waals surface area contributed by atoms with Crippen molar-refractivity contribution in [2.45, 2.75) is 13.3 Å². The number of hydrogen-bond donors (Lipinski definition) is 1. The van der Waals surface area contributed by atoms with Gasteiger partial charge in [-0.25, -0.2) is 4.98 Å². The summed E-state index contributed by atoms with van der Waals surface area (Å²) in [5.41, 5.74) is 1.98. The van der Waals surface area contributed by atoms with Crippen LogP contribution in [0.4, 0.5) is 0 Å². The smallest absolute Gasteiger partial charge is 0.213 e. The molecule has 76 valence electrons. The fourth-order valence-electron chi connectivity index (χ4n) is 1.12. The Bertz CT molecular complexity index is 321. The second kappa shape index (κ2) is 5.40. The van der Waals surface area contributed by atoms with Crippen LogP contribution >= 0.6 is 0 Å². The van der Waals surface area contributed by atoms with E-state index >= 15 is 0 Å². The molecule has 0 radical (unpaired) electrons. The number of ether oxygens (including phenoxy) is 1. The molecule has 0 unspecified atom stereocenters. The number of aromatic nitrogens is 1. The Balaban J connectivity index is 2.78. The van der Waals surface area contributed by atoms with Gasteiger partial charge < -0.3 is 9.84 Å². The molecule has 0 aliphatic heterocycles. The highest BCUT2D eigenvalue weighted by molar-refractivity contribution is 5.52. The van der Waals surface area contributed by atoms with Crippen molar-refractivity contribution in [3.05, 3.63) is 29.5 Å². The maximum atomic E-state index is 8.61. The second-order valence-electron chi connectivity index (χ2n) is 2.94. The largest absolute Gasteiger partial charge is 0.481 e. The van der Waals surface area contributed by atoms with Crippen LogP contribution in [0.1, 0.15) is 17.7 Å².